The van der Waals surface area contributed by atoms with Crippen LogP contribution in [0.1, 0.15) is 26.3 Å². The van der Waals surface area contributed by atoms with Gasteiger partial charge >= 0.3 is 0 Å². The number of nitrogens with zero attached hydrogens (tertiary/aromatic N) is 2. The van der Waals surface area contributed by atoms with Crippen LogP contribution in [0.15, 0.2) is 12.5 Å². The number of fused-ring (bicyclic) bond motifs is 1. The number of aliphatic hydroxyl groups excluding tert-OH is 2. The molecule has 0 aliphatic carbocycles. The van der Waals surface area contributed by atoms with Crippen molar-refractivity contribution in [1.82, 2.24) is 20.3 Å². The fourth-order valence-corrected chi connectivity index (χ4v) is 2.66. The number of H-pyrrole nitrogens is 1. The highest BCUT2D eigenvalue weighted by Gasteiger charge is 2.41. The summed E-state index contributed by atoms with van der Waals surface area (Å²) in [6, 6.07) is -0.619. The predicted octanol–water partition coefficient (Wildman–Crippen LogP) is -1.10. The zero-order valence-corrected chi connectivity index (χ0v) is 10.5. The van der Waals surface area contributed by atoms with E-state index in [1.54, 1.807) is 6.20 Å². The first-order chi connectivity index (χ1) is 9.52. The Balaban J connectivity index is 2.07. The molecule has 1 aliphatic heterocycles. The molecule has 1 saturated heterocycles. The molecule has 0 spiro atoms. The van der Waals surface area contributed by atoms with Crippen molar-refractivity contribution in [3.8, 4) is 0 Å². The van der Waals surface area contributed by atoms with E-state index in [2.05, 4.69) is 20.3 Å². The molecule has 19 heavy (non-hydrogen) atoms. The Labute approximate surface area is 113 Å². The minimum absolute atomic E-state index is 0.170. The van der Waals surface area contributed by atoms with Crippen molar-refractivity contribution in [1.29, 1.82) is 0 Å². The average Bonchev–Trinajstić information content (AvgIpc) is 2.93. The molecule has 0 amide bonds. The van der Waals surface area contributed by atoms with Gasteiger partial charge in [0.05, 0.1) is 23.2 Å². The van der Waals surface area contributed by atoms with Crippen molar-refractivity contribution in [2.45, 2.75) is 37.6 Å². The van der Waals surface area contributed by atoms with E-state index in [0.29, 0.717) is 23.0 Å². The second kappa shape index (κ2) is 4.59. The molecule has 1 fully saturated rings. The summed E-state index contributed by atoms with van der Waals surface area (Å²) in [7, 11) is 5.75. The summed E-state index contributed by atoms with van der Waals surface area (Å²) < 4.78 is 7.54. The van der Waals surface area contributed by atoms with E-state index < -0.39 is 18.2 Å². The Bertz CT molecular complexity index is 650. The molecule has 3 rings (SSSR count). The maximum absolute atomic E-state index is 10.2. The second-order valence-electron chi connectivity index (χ2n) is 4.82. The number of hydrogen-bond donors (Lipinski definition) is 4. The minimum Gasteiger partial charge on any atom is -0.389 e. The Morgan fingerprint density at radius 3 is 2.89 bits per heavy atom. The average molecular weight is 259 g/mol. The van der Waals surface area contributed by atoms with Crippen LogP contribution < -0.4 is 10.9 Å². The summed E-state index contributed by atoms with van der Waals surface area (Å²) in [4.78, 5) is 10.8. The molecule has 98 valence electrons. The van der Waals surface area contributed by atoms with Gasteiger partial charge in [-0.2, -0.15) is 0 Å². The highest BCUT2D eigenvalue weighted by Crippen LogP contribution is 2.31. The first kappa shape index (κ1) is 11.4. The number of aromatic amines is 1. The highest BCUT2D eigenvalue weighted by atomic mass is 16.3. The van der Waals surface area contributed by atoms with Gasteiger partial charge in [-0.15, -0.1) is 0 Å². The van der Waals surface area contributed by atoms with E-state index in [4.69, 9.17) is 9.22 Å². The van der Waals surface area contributed by atoms with Crippen LogP contribution in [0, 0.1) is 0 Å². The van der Waals surface area contributed by atoms with Gasteiger partial charge in [0.15, 0.2) is 0 Å². The lowest BCUT2D eigenvalue weighted by molar-refractivity contribution is 0.0276. The van der Waals surface area contributed by atoms with Crippen molar-refractivity contribution in [3.05, 3.63) is 18.1 Å². The molecule has 0 bridgehead atoms. The smallest absolute Gasteiger partial charge is 0.144 e. The molecule has 1 aliphatic rings. The summed E-state index contributed by atoms with van der Waals surface area (Å²) >= 11 is 0. The van der Waals surface area contributed by atoms with Crippen LogP contribution in [0.4, 0.5) is 0 Å². The van der Waals surface area contributed by atoms with E-state index >= 15 is 0 Å². The van der Waals surface area contributed by atoms with Gasteiger partial charge in [0.25, 0.3) is 0 Å². The molecule has 6 nitrogen and oxygen atoms in total. The van der Waals surface area contributed by atoms with Crippen LogP contribution in [-0.4, -0.2) is 51.3 Å². The molecular weight excluding hydrogens is 243 g/mol. The van der Waals surface area contributed by atoms with Gasteiger partial charge in [-0.05, 0) is 6.42 Å². The number of rotatable bonds is 2. The maximum atomic E-state index is 10.2. The Morgan fingerprint density at radius 2 is 2.21 bits per heavy atom. The normalized spacial score (nSPS) is 31.8. The fourth-order valence-electron chi connectivity index (χ4n) is 2.66. The first-order valence-corrected chi connectivity index (χ1v) is 6.26. The van der Waals surface area contributed by atoms with E-state index in [1.807, 2.05) is 6.92 Å². The van der Waals surface area contributed by atoms with Gasteiger partial charge in [0.2, 0.25) is 0 Å². The number of aliphatic hydroxyl groups is 2. The zero-order chi connectivity index (χ0) is 14.4. The number of nitrogens with one attached hydrogen (secondary N) is 2. The number of hydrogen-bond acceptors (Lipinski definition) is 5. The van der Waals surface area contributed by atoms with Gasteiger partial charge < -0.3 is 20.5 Å². The predicted molar refractivity (Wildman–Crippen MR) is 71.2 cm³/mol. The molecule has 4 unspecified atom stereocenters. The Hall–Kier alpha value is -1.44. The Morgan fingerprint density at radius 1 is 1.42 bits per heavy atom. The molecular formula is C12H15BN4O2. The van der Waals surface area contributed by atoms with Gasteiger partial charge in [-0.1, -0.05) is 6.92 Å². The van der Waals surface area contributed by atoms with Crippen molar-refractivity contribution in [2.24, 2.45) is 0 Å². The van der Waals surface area contributed by atoms with Gasteiger partial charge in [-0.25, -0.2) is 4.98 Å². The van der Waals surface area contributed by atoms with Crippen molar-refractivity contribution < 1.29 is 11.6 Å². The van der Waals surface area contributed by atoms with Crippen LogP contribution >= 0.6 is 0 Å². The highest BCUT2D eigenvalue weighted by molar-refractivity contribution is 6.36. The fraction of sp³-hybridized carbons (Fsp3) is 0.500. The summed E-state index contributed by atoms with van der Waals surface area (Å²) in [5.41, 5.74) is 1.93. The zero-order valence-electron chi connectivity index (χ0n) is 11.5. The monoisotopic (exact) mass is 259 g/mol. The van der Waals surface area contributed by atoms with E-state index in [0.717, 1.165) is 0 Å². The molecule has 2 aromatic rings. The maximum Gasteiger partial charge on any atom is 0.144 e. The van der Waals surface area contributed by atoms with Crippen LogP contribution in [-0.2, 0) is 0 Å². The standard InChI is InChI=1S/C12H15BN4O2/c1-2-6-10(18)11(19)8(17-6)5-3-14-9-7(5)15-4-16-12(9)13/h3-4,6,8,10-11,14,17-19H,2H2,1H3/i4D. The minimum atomic E-state index is -0.927. The first-order valence-electron chi connectivity index (χ1n) is 6.76. The van der Waals surface area contributed by atoms with Gasteiger partial charge in [-0.3, -0.25) is 4.98 Å². The van der Waals surface area contributed by atoms with Crippen molar-refractivity contribution >= 4 is 24.5 Å². The van der Waals surface area contributed by atoms with Crippen LogP contribution in [0.3, 0.4) is 0 Å². The summed E-state index contributed by atoms with van der Waals surface area (Å²) in [6.45, 7) is 1.94. The molecule has 7 heteroatoms. The van der Waals surface area contributed by atoms with Crippen LogP contribution in [0.5, 0.6) is 0 Å². The second-order valence-corrected chi connectivity index (χ2v) is 4.82. The quantitative estimate of drug-likeness (QED) is 0.513. The van der Waals surface area contributed by atoms with E-state index in [9.17, 15) is 10.2 Å². The van der Waals surface area contributed by atoms with Gasteiger partial charge in [0.1, 0.15) is 21.6 Å². The molecule has 2 aromatic heterocycles. The lowest BCUT2D eigenvalue weighted by Crippen LogP contribution is -2.31. The van der Waals surface area contributed by atoms with Crippen LogP contribution in [0.2, 0.25) is 0 Å². The third-order valence-corrected chi connectivity index (χ3v) is 3.74. The lowest BCUT2D eigenvalue weighted by Gasteiger charge is -2.14. The van der Waals surface area contributed by atoms with Crippen molar-refractivity contribution in [2.75, 3.05) is 0 Å². The molecule has 4 atom stereocenters. The third kappa shape index (κ3) is 1.85. The summed E-state index contributed by atoms with van der Waals surface area (Å²) in [5.74, 6) is 0. The number of aromatic nitrogens is 3. The Kier molecular flexibility index (Phi) is 2.75. The third-order valence-electron chi connectivity index (χ3n) is 3.74. The summed E-state index contributed by atoms with van der Waals surface area (Å²) in [6.07, 6.45) is 0.462. The SMILES string of the molecule is [2H]c1nc([B])c2[nH]cc(C3NC(CC)C(O)C3O)c2n1. The van der Waals surface area contributed by atoms with E-state index in [1.165, 1.54) is 0 Å². The topological polar surface area (TPSA) is 94.1 Å². The molecule has 3 heterocycles. The van der Waals surface area contributed by atoms with Gasteiger partial charge in [0, 0.05) is 23.4 Å². The largest absolute Gasteiger partial charge is 0.389 e. The molecule has 4 N–H and O–H groups in total. The van der Waals surface area contributed by atoms with E-state index in [-0.39, 0.29) is 17.9 Å². The van der Waals surface area contributed by atoms with Crippen molar-refractivity contribution in [3.63, 3.8) is 0 Å². The molecule has 0 aromatic carbocycles. The van der Waals surface area contributed by atoms with Crippen LogP contribution in [0.25, 0.3) is 11.0 Å². The summed E-state index contributed by atoms with van der Waals surface area (Å²) in [5, 5.41) is 23.4. The molecule has 0 saturated carbocycles. The molecule has 2 radical (unpaired) electrons. The lowest BCUT2D eigenvalue weighted by atomic mass is 9.99.